The summed E-state index contributed by atoms with van der Waals surface area (Å²) in [7, 11) is -3.38. The van der Waals surface area contributed by atoms with Gasteiger partial charge in [-0.15, -0.1) is 0 Å². The summed E-state index contributed by atoms with van der Waals surface area (Å²) >= 11 is 0. The summed E-state index contributed by atoms with van der Waals surface area (Å²) in [5.74, 6) is 0.321. The summed E-state index contributed by atoms with van der Waals surface area (Å²) < 4.78 is 29.1. The van der Waals surface area contributed by atoms with Gasteiger partial charge in [-0.1, -0.05) is 49.6 Å². The van der Waals surface area contributed by atoms with E-state index in [1.807, 2.05) is 18.2 Å². The molecule has 1 saturated heterocycles. The van der Waals surface area contributed by atoms with Crippen LogP contribution in [0.15, 0.2) is 79.4 Å². The Morgan fingerprint density at radius 2 is 1.77 bits per heavy atom. The number of urea groups is 1. The quantitative estimate of drug-likeness (QED) is 0.0633. The third-order valence-electron chi connectivity index (χ3n) is 7.19. The number of ether oxygens (including phenoxy) is 1. The van der Waals surface area contributed by atoms with Crippen molar-refractivity contribution in [3.63, 3.8) is 0 Å². The van der Waals surface area contributed by atoms with Crippen LogP contribution in [0.5, 0.6) is 5.75 Å². The van der Waals surface area contributed by atoms with Gasteiger partial charge in [-0.3, -0.25) is 9.97 Å². The molecular formula is C32H44N5O6P. The van der Waals surface area contributed by atoms with Crippen LogP contribution in [0, 0.1) is 5.41 Å². The topological polar surface area (TPSA) is 164 Å². The van der Waals surface area contributed by atoms with E-state index < -0.39 is 19.7 Å². The second-order valence-corrected chi connectivity index (χ2v) is 12.3. The fourth-order valence-corrected chi connectivity index (χ4v) is 6.32. The monoisotopic (exact) mass is 625 g/mol. The Morgan fingerprint density at radius 1 is 1.11 bits per heavy atom. The first-order valence-electron chi connectivity index (χ1n) is 14.5. The number of nitrogen functional groups attached to an aromatic ring is 2. The molecule has 3 rings (SSSR count). The molecule has 0 spiro atoms. The lowest BCUT2D eigenvalue weighted by Gasteiger charge is -2.35. The number of amides is 2. The fourth-order valence-electron chi connectivity index (χ4n) is 5.00. The molecule has 6 N–H and O–H groups in total. The van der Waals surface area contributed by atoms with E-state index in [1.165, 1.54) is 0 Å². The second-order valence-electron chi connectivity index (χ2n) is 10.3. The molecule has 0 bridgehead atoms. The average molecular weight is 626 g/mol. The molecule has 12 heteroatoms. The molecule has 44 heavy (non-hydrogen) atoms. The van der Waals surface area contributed by atoms with Gasteiger partial charge >= 0.3 is 13.6 Å². The zero-order valence-corrected chi connectivity index (χ0v) is 26.4. The highest BCUT2D eigenvalue weighted by atomic mass is 31.2. The summed E-state index contributed by atoms with van der Waals surface area (Å²) in [5, 5.41) is 19.1. The Balaban J connectivity index is 1.88. The van der Waals surface area contributed by atoms with E-state index in [9.17, 15) is 14.5 Å². The Bertz CT molecular complexity index is 1390. The number of hydrogen-bond acceptors (Lipinski definition) is 8. The van der Waals surface area contributed by atoms with Crippen molar-refractivity contribution < 1.29 is 28.3 Å². The van der Waals surface area contributed by atoms with Crippen molar-refractivity contribution in [2.45, 2.75) is 51.9 Å². The molecule has 11 nitrogen and oxygen atoms in total. The highest BCUT2D eigenvalue weighted by Gasteiger charge is 2.36. The Morgan fingerprint density at radius 3 is 2.36 bits per heavy atom. The summed E-state index contributed by atoms with van der Waals surface area (Å²) in [6.07, 6.45) is 4.90. The van der Waals surface area contributed by atoms with Gasteiger partial charge in [0.2, 0.25) is 0 Å². The van der Waals surface area contributed by atoms with E-state index in [1.54, 1.807) is 66.1 Å². The van der Waals surface area contributed by atoms with Crippen molar-refractivity contribution in [2.75, 3.05) is 31.8 Å². The number of nitrogens with one attached hydrogen (secondary N) is 1. The Kier molecular flexibility index (Phi) is 12.8. The smallest absolute Gasteiger partial charge is 0.367 e. The number of hydrogen-bond donors (Lipinski definition) is 4. The number of carbonyl (C=O) groups is 1. The number of anilines is 1. The van der Waals surface area contributed by atoms with Gasteiger partial charge in [0.15, 0.2) is 6.35 Å². The van der Waals surface area contributed by atoms with Crippen molar-refractivity contribution in [3.05, 3.63) is 96.1 Å². The van der Waals surface area contributed by atoms with Gasteiger partial charge in [0, 0.05) is 30.9 Å². The maximum Gasteiger partial charge on any atom is 0.367 e. The maximum atomic E-state index is 14.1. The van der Waals surface area contributed by atoms with E-state index >= 15 is 0 Å². The number of nitrogens with two attached hydrogens (primary N) is 2. The first kappa shape index (κ1) is 34.6. The molecule has 0 aromatic heterocycles. The Hall–Kier alpha value is -3.89. The van der Waals surface area contributed by atoms with Crippen LogP contribution < -0.4 is 16.2 Å². The number of carbonyl (C=O) groups excluding carboxylic acids is 1. The lowest BCUT2D eigenvalue weighted by Crippen LogP contribution is -2.48. The molecular weight excluding hydrogens is 581 g/mol. The number of rotatable bonds is 16. The van der Waals surface area contributed by atoms with Gasteiger partial charge in [-0.25, -0.2) is 4.79 Å². The molecule has 0 radical (unpaired) electrons. The molecule has 0 aliphatic carbocycles. The molecule has 1 heterocycles. The molecule has 1 aliphatic heterocycles. The van der Waals surface area contributed by atoms with Crippen LogP contribution in [0.1, 0.15) is 43.4 Å². The third-order valence-corrected chi connectivity index (χ3v) is 8.94. The molecule has 2 aromatic rings. The first-order chi connectivity index (χ1) is 21.0. The predicted octanol–water partition coefficient (Wildman–Crippen LogP) is 5.40. The van der Waals surface area contributed by atoms with Gasteiger partial charge in [-0.2, -0.15) is 0 Å². The van der Waals surface area contributed by atoms with Gasteiger partial charge < -0.3 is 40.2 Å². The van der Waals surface area contributed by atoms with Gasteiger partial charge in [-0.05, 0) is 67.7 Å². The van der Waals surface area contributed by atoms with Crippen LogP contribution in [0.2, 0.25) is 0 Å². The predicted molar refractivity (Wildman–Crippen MR) is 174 cm³/mol. The average Bonchev–Trinajstić information content (AvgIpc) is 3.09. The SMILES string of the molecule is C=C/C=C(\C=C)CC1C(O)CCN(Cc2ccc(N)c(C(=N)N)c2)C(=O)N1Cc1ccc(OCP(=O)(OCC)OCC)cc1. The van der Waals surface area contributed by atoms with E-state index in [2.05, 4.69) is 13.2 Å². The number of allylic oxidation sites excluding steroid dienone is 3. The van der Waals surface area contributed by atoms with Gasteiger partial charge in [0.05, 0.1) is 25.4 Å². The number of aliphatic hydroxyl groups is 1. The minimum Gasteiger partial charge on any atom is -0.481 e. The summed E-state index contributed by atoms with van der Waals surface area (Å²) in [5.41, 5.74) is 14.9. The lowest BCUT2D eigenvalue weighted by molar-refractivity contribution is 0.0683. The molecule has 1 aliphatic rings. The summed E-state index contributed by atoms with van der Waals surface area (Å²) in [4.78, 5) is 17.5. The van der Waals surface area contributed by atoms with Crippen molar-refractivity contribution in [2.24, 2.45) is 5.73 Å². The normalized spacial score (nSPS) is 17.7. The lowest BCUT2D eigenvalue weighted by atomic mass is 9.97. The number of benzene rings is 2. The summed E-state index contributed by atoms with van der Waals surface area (Å²) in [6.45, 7) is 12.4. The maximum absolute atomic E-state index is 14.1. The minimum atomic E-state index is -3.38. The van der Waals surface area contributed by atoms with E-state index in [-0.39, 0.29) is 44.5 Å². The molecule has 0 saturated carbocycles. The van der Waals surface area contributed by atoms with Gasteiger partial charge in [0.25, 0.3) is 0 Å². The van der Waals surface area contributed by atoms with Gasteiger partial charge in [0.1, 0.15) is 11.6 Å². The van der Waals surface area contributed by atoms with Crippen LogP contribution in [0.4, 0.5) is 10.5 Å². The van der Waals surface area contributed by atoms with Crippen LogP contribution in [-0.2, 0) is 26.7 Å². The van der Waals surface area contributed by atoms with Crippen LogP contribution >= 0.6 is 7.60 Å². The molecule has 1 fully saturated rings. The van der Waals surface area contributed by atoms with Crippen LogP contribution in [-0.4, -0.2) is 65.0 Å². The third kappa shape index (κ3) is 9.30. The van der Waals surface area contributed by atoms with E-state index in [4.69, 9.17) is 30.7 Å². The van der Waals surface area contributed by atoms with Crippen LogP contribution in [0.3, 0.4) is 0 Å². The fraction of sp³-hybridized carbons (Fsp3) is 0.375. The molecule has 2 aromatic carbocycles. The minimum absolute atomic E-state index is 0.152. The van der Waals surface area contributed by atoms with Crippen LogP contribution in [0.25, 0.3) is 0 Å². The molecule has 238 valence electrons. The van der Waals surface area contributed by atoms with Crippen molar-refractivity contribution in [3.8, 4) is 5.75 Å². The molecule has 2 amide bonds. The Labute approximate surface area is 259 Å². The highest BCUT2D eigenvalue weighted by molar-refractivity contribution is 7.53. The summed E-state index contributed by atoms with van der Waals surface area (Å²) in [6, 6.07) is 11.5. The largest absolute Gasteiger partial charge is 0.481 e. The number of amidine groups is 1. The highest BCUT2D eigenvalue weighted by Crippen LogP contribution is 2.47. The van der Waals surface area contributed by atoms with Crippen molar-refractivity contribution in [1.82, 2.24) is 9.80 Å². The second kappa shape index (κ2) is 16.3. The van der Waals surface area contributed by atoms with Crippen molar-refractivity contribution >= 4 is 25.1 Å². The first-order valence-corrected chi connectivity index (χ1v) is 16.3. The van der Waals surface area contributed by atoms with Crippen molar-refractivity contribution in [1.29, 1.82) is 5.41 Å². The standard InChI is InChI=1S/C32H44N5O6P/c1-5-9-23(6-2)19-29-30(38)16-17-36(20-25-12-15-28(33)27(18-25)31(34)35)32(39)37(29)21-24-10-13-26(14-11-24)41-22-44(40,42-7-3)43-8-4/h5-6,9-15,18,29-30,38H,1-2,7-8,16-17,19-22,33H2,3-4H3,(H3,34,35)/b23-9+. The zero-order valence-electron chi connectivity index (χ0n) is 25.5. The van der Waals surface area contributed by atoms with E-state index in [0.29, 0.717) is 36.4 Å². The number of nitrogens with zero attached hydrogens (tertiary/aromatic N) is 2. The number of aliphatic hydroxyl groups excluding tert-OH is 1. The van der Waals surface area contributed by atoms with E-state index in [0.717, 1.165) is 16.7 Å². The molecule has 2 atom stereocenters. The molecule has 2 unspecified atom stereocenters. The zero-order chi connectivity index (χ0) is 32.3.